The number of hydrogen-bond donors (Lipinski definition) is 2. The molecule has 0 spiro atoms. The Bertz CT molecular complexity index is 789. The first-order valence-electron chi connectivity index (χ1n) is 9.38. The van der Waals surface area contributed by atoms with Crippen molar-refractivity contribution in [3.8, 4) is 5.88 Å². The lowest BCUT2D eigenvalue weighted by molar-refractivity contribution is -0.139. The molecule has 2 aromatic rings. The Morgan fingerprint density at radius 2 is 2.10 bits per heavy atom. The number of halogens is 3. The monoisotopic (exact) mass is 427 g/mol. The lowest BCUT2D eigenvalue weighted by atomic mass is 10.1. The molecule has 0 saturated carbocycles. The minimum absolute atomic E-state index is 0.0393. The predicted molar refractivity (Wildman–Crippen MR) is 109 cm³/mol. The maximum absolute atomic E-state index is 13.0. The number of pyridine rings is 1. The van der Waals surface area contributed by atoms with Gasteiger partial charge in [0.25, 0.3) is 0 Å². The van der Waals surface area contributed by atoms with Gasteiger partial charge in [-0.2, -0.15) is 13.2 Å². The molecule has 0 unspecified atom stereocenters. The quantitative estimate of drug-likeness (QED) is 0.421. The molecule has 1 fully saturated rings. The van der Waals surface area contributed by atoms with Gasteiger partial charge in [0.05, 0.1) is 11.5 Å². The van der Waals surface area contributed by atoms with E-state index in [9.17, 15) is 13.2 Å². The number of ether oxygens (including phenoxy) is 1. The highest BCUT2D eigenvalue weighted by Crippen LogP contribution is 2.34. The Balaban J connectivity index is 1.41. The summed E-state index contributed by atoms with van der Waals surface area (Å²) in [5.74, 6) is 0.200. The van der Waals surface area contributed by atoms with Gasteiger partial charge in [0.15, 0.2) is 5.96 Å². The standard InChI is InChI=1S/C19H24F3N5OS/c1-23-18(26-14-6-10-27(11-7-14)16-5-3-13-29-16)25-9-12-28-17-15(19(20,21)22)4-2-8-24-17/h2-5,8,13-14H,6-7,9-12H2,1H3,(H2,23,25,26). The minimum atomic E-state index is -4.49. The van der Waals surface area contributed by atoms with Gasteiger partial charge in [-0.1, -0.05) is 0 Å². The van der Waals surface area contributed by atoms with E-state index in [1.165, 1.54) is 17.3 Å². The van der Waals surface area contributed by atoms with E-state index in [2.05, 4.69) is 43.0 Å². The van der Waals surface area contributed by atoms with Crippen LogP contribution in [0.25, 0.3) is 0 Å². The number of alkyl halides is 3. The number of piperidine rings is 1. The fourth-order valence-electron chi connectivity index (χ4n) is 3.12. The summed E-state index contributed by atoms with van der Waals surface area (Å²) in [4.78, 5) is 10.2. The van der Waals surface area contributed by atoms with Gasteiger partial charge in [-0.3, -0.25) is 4.99 Å². The molecule has 2 aromatic heterocycles. The van der Waals surface area contributed by atoms with Gasteiger partial charge < -0.3 is 20.3 Å². The first kappa shape index (κ1) is 21.2. The molecule has 0 bridgehead atoms. The Morgan fingerprint density at radius 3 is 2.76 bits per heavy atom. The van der Waals surface area contributed by atoms with E-state index in [-0.39, 0.29) is 6.61 Å². The molecule has 0 radical (unpaired) electrons. The van der Waals surface area contributed by atoms with Crippen LogP contribution < -0.4 is 20.3 Å². The maximum Gasteiger partial charge on any atom is 0.421 e. The topological polar surface area (TPSA) is 61.8 Å². The lowest BCUT2D eigenvalue weighted by Crippen LogP contribution is -2.49. The van der Waals surface area contributed by atoms with E-state index < -0.39 is 17.6 Å². The summed E-state index contributed by atoms with van der Waals surface area (Å²) in [7, 11) is 1.66. The number of aromatic nitrogens is 1. The summed E-state index contributed by atoms with van der Waals surface area (Å²) >= 11 is 1.74. The summed E-state index contributed by atoms with van der Waals surface area (Å²) in [6, 6.07) is 6.68. The van der Waals surface area contributed by atoms with E-state index >= 15 is 0 Å². The number of thiophene rings is 1. The number of aliphatic imine (C=N–C) groups is 1. The molecule has 158 valence electrons. The number of anilines is 1. The van der Waals surface area contributed by atoms with Gasteiger partial charge in [0.1, 0.15) is 12.2 Å². The normalized spacial score (nSPS) is 16.0. The van der Waals surface area contributed by atoms with Gasteiger partial charge in [-0.05, 0) is 42.5 Å². The Kier molecular flexibility index (Phi) is 7.18. The third-order valence-electron chi connectivity index (χ3n) is 4.59. The molecule has 0 atom stereocenters. The van der Waals surface area contributed by atoms with Gasteiger partial charge in [-0.15, -0.1) is 11.3 Å². The van der Waals surface area contributed by atoms with Crippen molar-refractivity contribution in [2.24, 2.45) is 4.99 Å². The average Bonchev–Trinajstić information content (AvgIpc) is 3.25. The molecule has 1 aliphatic rings. The first-order chi connectivity index (χ1) is 14.0. The van der Waals surface area contributed by atoms with Gasteiger partial charge in [0, 0.05) is 32.4 Å². The van der Waals surface area contributed by atoms with E-state index in [1.807, 2.05) is 0 Å². The summed E-state index contributed by atoms with van der Waals surface area (Å²) in [5.41, 5.74) is -0.875. The highest BCUT2D eigenvalue weighted by atomic mass is 32.1. The molecule has 0 aliphatic carbocycles. The Morgan fingerprint density at radius 1 is 1.31 bits per heavy atom. The number of nitrogens with one attached hydrogen (secondary N) is 2. The molecule has 1 saturated heterocycles. The minimum Gasteiger partial charge on any atom is -0.475 e. The molecule has 3 rings (SSSR count). The fraction of sp³-hybridized carbons (Fsp3) is 0.474. The molecule has 6 nitrogen and oxygen atoms in total. The first-order valence-corrected chi connectivity index (χ1v) is 10.3. The van der Waals surface area contributed by atoms with Crippen LogP contribution in [0.2, 0.25) is 0 Å². The van der Waals surface area contributed by atoms with Crippen LogP contribution in [0.1, 0.15) is 18.4 Å². The number of hydrogen-bond acceptors (Lipinski definition) is 5. The van der Waals surface area contributed by atoms with E-state index in [0.717, 1.165) is 32.0 Å². The number of nitrogens with zero attached hydrogens (tertiary/aromatic N) is 3. The van der Waals surface area contributed by atoms with Crippen LogP contribution in [-0.4, -0.2) is 50.3 Å². The SMILES string of the molecule is CN=C(NCCOc1ncccc1C(F)(F)F)NC1CCN(c2cccs2)CC1. The zero-order chi connectivity index (χ0) is 20.7. The van der Waals surface area contributed by atoms with Crippen LogP contribution in [0.4, 0.5) is 18.2 Å². The molecule has 2 N–H and O–H groups in total. The summed E-state index contributed by atoms with van der Waals surface area (Å²) in [6.45, 7) is 2.29. The van der Waals surface area contributed by atoms with Crippen molar-refractivity contribution in [3.05, 3.63) is 41.4 Å². The van der Waals surface area contributed by atoms with Gasteiger partial charge in [-0.25, -0.2) is 4.98 Å². The van der Waals surface area contributed by atoms with Crippen molar-refractivity contribution in [1.82, 2.24) is 15.6 Å². The van der Waals surface area contributed by atoms with Crippen molar-refractivity contribution in [3.63, 3.8) is 0 Å². The van der Waals surface area contributed by atoms with Crippen LogP contribution in [0, 0.1) is 0 Å². The maximum atomic E-state index is 13.0. The molecule has 3 heterocycles. The second-order valence-corrected chi connectivity index (χ2v) is 7.48. The van der Waals surface area contributed by atoms with Gasteiger partial charge in [0.2, 0.25) is 5.88 Å². The molecular weight excluding hydrogens is 403 g/mol. The third-order valence-corrected chi connectivity index (χ3v) is 5.52. The van der Waals surface area contributed by atoms with E-state index in [4.69, 9.17) is 4.74 Å². The predicted octanol–water partition coefficient (Wildman–Crippen LogP) is 3.37. The van der Waals surface area contributed by atoms with Crippen LogP contribution in [0.3, 0.4) is 0 Å². The number of rotatable bonds is 6. The van der Waals surface area contributed by atoms with Crippen LogP contribution in [0.15, 0.2) is 40.8 Å². The molecular formula is C19H24F3N5OS. The highest BCUT2D eigenvalue weighted by molar-refractivity contribution is 7.14. The largest absolute Gasteiger partial charge is 0.475 e. The van der Waals surface area contributed by atoms with Crippen molar-refractivity contribution in [1.29, 1.82) is 0 Å². The van der Waals surface area contributed by atoms with Crippen LogP contribution >= 0.6 is 11.3 Å². The highest BCUT2D eigenvalue weighted by Gasteiger charge is 2.35. The Labute approximate surface area is 171 Å². The zero-order valence-corrected chi connectivity index (χ0v) is 16.9. The molecule has 1 aliphatic heterocycles. The fourth-order valence-corrected chi connectivity index (χ4v) is 3.91. The molecule has 29 heavy (non-hydrogen) atoms. The zero-order valence-electron chi connectivity index (χ0n) is 16.1. The molecule has 10 heteroatoms. The number of guanidine groups is 1. The lowest BCUT2D eigenvalue weighted by Gasteiger charge is -2.33. The van der Waals surface area contributed by atoms with Crippen molar-refractivity contribution >= 4 is 22.3 Å². The van der Waals surface area contributed by atoms with Crippen LogP contribution in [0.5, 0.6) is 5.88 Å². The van der Waals surface area contributed by atoms with Gasteiger partial charge >= 0.3 is 6.18 Å². The molecule has 0 aromatic carbocycles. The summed E-state index contributed by atoms with van der Waals surface area (Å²) in [5, 5.41) is 9.81. The second kappa shape index (κ2) is 9.82. The van der Waals surface area contributed by atoms with Crippen LogP contribution in [-0.2, 0) is 6.18 Å². The van der Waals surface area contributed by atoms with Crippen molar-refractivity contribution < 1.29 is 17.9 Å². The third kappa shape index (κ3) is 5.99. The molecule has 0 amide bonds. The summed E-state index contributed by atoms with van der Waals surface area (Å²) in [6.07, 6.45) is -1.25. The Hall–Kier alpha value is -2.49. The van der Waals surface area contributed by atoms with E-state index in [1.54, 1.807) is 18.4 Å². The van der Waals surface area contributed by atoms with E-state index in [0.29, 0.717) is 18.5 Å². The second-order valence-electron chi connectivity index (χ2n) is 6.56. The van der Waals surface area contributed by atoms with Crippen molar-refractivity contribution in [2.75, 3.05) is 38.2 Å². The summed E-state index contributed by atoms with van der Waals surface area (Å²) < 4.78 is 44.1. The smallest absolute Gasteiger partial charge is 0.421 e. The average molecular weight is 427 g/mol. The van der Waals surface area contributed by atoms with Crippen molar-refractivity contribution in [2.45, 2.75) is 25.1 Å².